The molecule has 5 heteroatoms. The van der Waals surface area contributed by atoms with Crippen molar-refractivity contribution >= 4 is 34.5 Å². The Kier molecular flexibility index (Phi) is 6.15. The van der Waals surface area contributed by atoms with E-state index in [0.717, 1.165) is 9.13 Å². The Morgan fingerprint density at radius 1 is 1.00 bits per heavy atom. The molecule has 0 saturated carbocycles. The molecule has 0 spiro atoms. The zero-order valence-electron chi connectivity index (χ0n) is 13.0. The fourth-order valence-corrected chi connectivity index (χ4v) is 2.38. The highest BCUT2D eigenvalue weighted by atomic mass is 127. The number of hydrogen-bond acceptors (Lipinski definition) is 3. The van der Waals surface area contributed by atoms with Gasteiger partial charge in [-0.3, -0.25) is 4.79 Å². The van der Waals surface area contributed by atoms with Gasteiger partial charge in [0.05, 0.1) is 11.6 Å². The summed E-state index contributed by atoms with van der Waals surface area (Å²) in [7, 11) is 0. The smallest absolute Gasteiger partial charge is 0.338 e. The van der Waals surface area contributed by atoms with Gasteiger partial charge >= 0.3 is 5.97 Å². The largest absolute Gasteiger partial charge is 0.449 e. The van der Waals surface area contributed by atoms with Crippen molar-refractivity contribution in [3.05, 3.63) is 69.3 Å². The van der Waals surface area contributed by atoms with Gasteiger partial charge < -0.3 is 10.1 Å². The van der Waals surface area contributed by atoms with Crippen LogP contribution in [0.5, 0.6) is 0 Å². The molecule has 0 aliphatic carbocycles. The van der Waals surface area contributed by atoms with Gasteiger partial charge in [0.25, 0.3) is 5.91 Å². The lowest BCUT2D eigenvalue weighted by Gasteiger charge is -2.18. The quantitative estimate of drug-likeness (QED) is 0.590. The minimum absolute atomic E-state index is 0.150. The van der Waals surface area contributed by atoms with E-state index < -0.39 is 12.1 Å². The Morgan fingerprint density at radius 2 is 1.61 bits per heavy atom. The lowest BCUT2D eigenvalue weighted by Crippen LogP contribution is -2.37. The molecule has 0 heterocycles. The molecule has 23 heavy (non-hydrogen) atoms. The van der Waals surface area contributed by atoms with Gasteiger partial charge in [0, 0.05) is 3.57 Å². The number of carbonyl (C=O) groups is 2. The Morgan fingerprint density at radius 3 is 2.22 bits per heavy atom. The van der Waals surface area contributed by atoms with Gasteiger partial charge in [0.2, 0.25) is 0 Å². The third-order valence-corrected chi connectivity index (χ3v) is 4.11. The first-order valence-corrected chi connectivity index (χ1v) is 8.37. The number of amides is 1. The fraction of sp³-hybridized carbons (Fsp3) is 0.222. The predicted octanol–water partition coefficient (Wildman–Crippen LogP) is 3.71. The second kappa shape index (κ2) is 8.10. The molecule has 0 radical (unpaired) electrons. The maximum Gasteiger partial charge on any atom is 0.338 e. The summed E-state index contributed by atoms with van der Waals surface area (Å²) >= 11 is 2.16. The second-order valence-electron chi connectivity index (χ2n) is 5.20. The number of halogens is 1. The molecule has 2 atom stereocenters. The molecule has 120 valence electrons. The zero-order chi connectivity index (χ0) is 16.8. The second-order valence-corrected chi connectivity index (χ2v) is 6.44. The van der Waals surface area contributed by atoms with E-state index >= 15 is 0 Å². The van der Waals surface area contributed by atoms with Gasteiger partial charge in [-0.1, -0.05) is 30.3 Å². The highest BCUT2D eigenvalue weighted by Gasteiger charge is 2.20. The molecule has 1 amide bonds. The molecular weight excluding hydrogens is 405 g/mol. The number of ether oxygens (including phenoxy) is 1. The van der Waals surface area contributed by atoms with Crippen molar-refractivity contribution in [2.24, 2.45) is 0 Å². The van der Waals surface area contributed by atoms with Crippen LogP contribution < -0.4 is 5.32 Å². The molecule has 2 aromatic carbocycles. The Hall–Kier alpha value is -1.89. The summed E-state index contributed by atoms with van der Waals surface area (Å²) in [6, 6.07) is 16.5. The van der Waals surface area contributed by atoms with E-state index in [1.807, 2.05) is 49.4 Å². The molecule has 2 unspecified atom stereocenters. The van der Waals surface area contributed by atoms with E-state index in [9.17, 15) is 9.59 Å². The molecular formula is C18H18INO3. The lowest BCUT2D eigenvalue weighted by molar-refractivity contribution is -0.129. The standard InChI is InChI=1S/C18H18INO3/c1-12(14-6-4-3-5-7-14)20-17(21)13(2)23-18(22)15-8-10-16(19)11-9-15/h3-13H,1-2H3,(H,20,21). The Labute approximate surface area is 149 Å². The van der Waals surface area contributed by atoms with Crippen LogP contribution >= 0.6 is 22.6 Å². The SMILES string of the molecule is CC(OC(=O)c1ccc(I)cc1)C(=O)NC(C)c1ccccc1. The summed E-state index contributed by atoms with van der Waals surface area (Å²) in [5, 5.41) is 2.84. The van der Waals surface area contributed by atoms with Crippen LogP contribution in [-0.2, 0) is 9.53 Å². The van der Waals surface area contributed by atoms with E-state index in [4.69, 9.17) is 4.74 Å². The highest BCUT2D eigenvalue weighted by molar-refractivity contribution is 14.1. The Bertz CT molecular complexity index is 670. The minimum atomic E-state index is -0.854. The number of rotatable bonds is 5. The van der Waals surface area contributed by atoms with Crippen molar-refractivity contribution in [3.8, 4) is 0 Å². The van der Waals surface area contributed by atoms with Gasteiger partial charge in [-0.05, 0) is 66.3 Å². The van der Waals surface area contributed by atoms with E-state index in [1.54, 1.807) is 19.1 Å². The summed E-state index contributed by atoms with van der Waals surface area (Å²) in [5.74, 6) is -0.823. The summed E-state index contributed by atoms with van der Waals surface area (Å²) < 4.78 is 6.25. The Balaban J connectivity index is 1.92. The summed E-state index contributed by atoms with van der Waals surface area (Å²) in [6.45, 7) is 3.46. The summed E-state index contributed by atoms with van der Waals surface area (Å²) in [4.78, 5) is 24.2. The monoisotopic (exact) mass is 423 g/mol. The topological polar surface area (TPSA) is 55.4 Å². The first-order chi connectivity index (χ1) is 11.0. The first kappa shape index (κ1) is 17.5. The molecule has 0 saturated heterocycles. The number of esters is 1. The van der Waals surface area contributed by atoms with Crippen molar-refractivity contribution in [1.82, 2.24) is 5.32 Å². The van der Waals surface area contributed by atoms with Crippen LogP contribution in [0, 0.1) is 3.57 Å². The van der Waals surface area contributed by atoms with Gasteiger partial charge in [-0.15, -0.1) is 0 Å². The summed E-state index contributed by atoms with van der Waals surface area (Å²) in [5.41, 5.74) is 1.43. The zero-order valence-corrected chi connectivity index (χ0v) is 15.1. The third kappa shape index (κ3) is 5.06. The van der Waals surface area contributed by atoms with E-state index in [1.165, 1.54) is 0 Å². The van der Waals surface area contributed by atoms with E-state index in [2.05, 4.69) is 27.9 Å². The minimum Gasteiger partial charge on any atom is -0.449 e. The van der Waals surface area contributed by atoms with Crippen LogP contribution in [0.4, 0.5) is 0 Å². The number of hydrogen-bond donors (Lipinski definition) is 1. The average molecular weight is 423 g/mol. The molecule has 0 bridgehead atoms. The molecule has 0 aliphatic rings. The third-order valence-electron chi connectivity index (χ3n) is 3.39. The first-order valence-electron chi connectivity index (χ1n) is 7.29. The molecule has 0 aliphatic heterocycles. The van der Waals surface area contributed by atoms with Crippen molar-refractivity contribution in [1.29, 1.82) is 0 Å². The van der Waals surface area contributed by atoms with Gasteiger partial charge in [0.15, 0.2) is 6.10 Å². The number of nitrogens with one attached hydrogen (secondary N) is 1. The highest BCUT2D eigenvalue weighted by Crippen LogP contribution is 2.13. The van der Waals surface area contributed by atoms with Crippen molar-refractivity contribution in [2.75, 3.05) is 0 Å². The van der Waals surface area contributed by atoms with Gasteiger partial charge in [-0.2, -0.15) is 0 Å². The molecule has 4 nitrogen and oxygen atoms in total. The normalized spacial score (nSPS) is 13.0. The predicted molar refractivity (Wildman–Crippen MR) is 97.0 cm³/mol. The lowest BCUT2D eigenvalue weighted by atomic mass is 10.1. The van der Waals surface area contributed by atoms with Crippen molar-refractivity contribution in [2.45, 2.75) is 26.0 Å². The maximum absolute atomic E-state index is 12.2. The summed E-state index contributed by atoms with van der Waals surface area (Å²) in [6.07, 6.45) is -0.854. The van der Waals surface area contributed by atoms with Crippen molar-refractivity contribution < 1.29 is 14.3 Å². The van der Waals surface area contributed by atoms with Crippen LogP contribution in [0.3, 0.4) is 0 Å². The maximum atomic E-state index is 12.2. The average Bonchev–Trinajstić information content (AvgIpc) is 2.56. The van der Waals surface area contributed by atoms with E-state index in [0.29, 0.717) is 5.56 Å². The molecule has 2 rings (SSSR count). The van der Waals surface area contributed by atoms with Crippen LogP contribution in [0.2, 0.25) is 0 Å². The van der Waals surface area contributed by atoms with Gasteiger partial charge in [0.1, 0.15) is 0 Å². The molecule has 2 aromatic rings. The fourth-order valence-electron chi connectivity index (χ4n) is 2.02. The van der Waals surface area contributed by atoms with Crippen molar-refractivity contribution in [3.63, 3.8) is 0 Å². The van der Waals surface area contributed by atoms with Crippen LogP contribution in [-0.4, -0.2) is 18.0 Å². The molecule has 0 fully saturated rings. The molecule has 1 N–H and O–H groups in total. The van der Waals surface area contributed by atoms with Crippen LogP contribution in [0.1, 0.15) is 35.8 Å². The van der Waals surface area contributed by atoms with Crippen LogP contribution in [0.15, 0.2) is 54.6 Å². The molecule has 0 aromatic heterocycles. The van der Waals surface area contributed by atoms with Crippen LogP contribution in [0.25, 0.3) is 0 Å². The van der Waals surface area contributed by atoms with E-state index in [-0.39, 0.29) is 11.9 Å². The number of benzene rings is 2. The number of carbonyl (C=O) groups excluding carboxylic acids is 2. The van der Waals surface area contributed by atoms with Gasteiger partial charge in [-0.25, -0.2) is 4.79 Å².